The van der Waals surface area contributed by atoms with Gasteiger partial charge in [0.05, 0.1) is 0 Å². The highest BCUT2D eigenvalue weighted by Crippen LogP contribution is 2.27. The highest BCUT2D eigenvalue weighted by atomic mass is 16.1. The maximum Gasteiger partial charge on any atom is 0.185 e. The van der Waals surface area contributed by atoms with Crippen LogP contribution in [0.5, 0.6) is 0 Å². The molecular weight excluding hydrogens is 372 g/mol. The molecule has 30 heavy (non-hydrogen) atoms. The molecule has 0 bridgehead atoms. The van der Waals surface area contributed by atoms with Gasteiger partial charge in [-0.15, -0.1) is 0 Å². The van der Waals surface area contributed by atoms with Gasteiger partial charge >= 0.3 is 0 Å². The Bertz CT molecular complexity index is 1010. The second-order valence-corrected chi connectivity index (χ2v) is 7.78. The van der Waals surface area contributed by atoms with Crippen LogP contribution >= 0.6 is 0 Å². The van der Waals surface area contributed by atoms with Crippen molar-refractivity contribution < 1.29 is 4.79 Å². The van der Waals surface area contributed by atoms with Gasteiger partial charge in [0.25, 0.3) is 0 Å². The van der Waals surface area contributed by atoms with Crippen LogP contribution in [0, 0.1) is 10.8 Å². The van der Waals surface area contributed by atoms with Crippen LogP contribution in [0.3, 0.4) is 0 Å². The minimum Gasteiger partial charge on any atom is -0.384 e. The lowest BCUT2D eigenvalue weighted by atomic mass is 9.97. The van der Waals surface area contributed by atoms with Crippen LogP contribution in [0.25, 0.3) is 12.2 Å². The summed E-state index contributed by atoms with van der Waals surface area (Å²) in [7, 11) is 3.70. The Kier molecular flexibility index (Phi) is 6.62. The average Bonchev–Trinajstić information content (AvgIpc) is 2.90. The molecule has 1 saturated carbocycles. The van der Waals surface area contributed by atoms with Gasteiger partial charge in [0.15, 0.2) is 5.78 Å². The lowest BCUT2D eigenvalue weighted by Crippen LogP contribution is -2.21. The van der Waals surface area contributed by atoms with Crippen LogP contribution in [-0.4, -0.2) is 36.4 Å². The summed E-state index contributed by atoms with van der Waals surface area (Å²) in [6, 6.07) is 15.2. The summed E-state index contributed by atoms with van der Waals surface area (Å²) in [5, 5.41) is 15.6. The molecule has 0 aliphatic heterocycles. The van der Waals surface area contributed by atoms with Gasteiger partial charge < -0.3 is 10.6 Å². The third kappa shape index (κ3) is 5.11. The van der Waals surface area contributed by atoms with Crippen molar-refractivity contribution in [3.05, 3.63) is 81.9 Å². The Morgan fingerprint density at radius 1 is 0.833 bits per heavy atom. The zero-order chi connectivity index (χ0) is 21.7. The Morgan fingerprint density at radius 2 is 1.27 bits per heavy atom. The minimum atomic E-state index is 0.0386. The van der Waals surface area contributed by atoms with E-state index in [4.69, 9.17) is 16.6 Å². The number of nitrogens with one attached hydrogen (secondary N) is 2. The summed E-state index contributed by atoms with van der Waals surface area (Å²) in [5.74, 6) is 0.603. The number of hydrogen-bond acceptors (Lipinski definition) is 3. The largest absolute Gasteiger partial charge is 0.384 e. The predicted octanol–water partition coefficient (Wildman–Crippen LogP) is 4.47. The first-order chi connectivity index (χ1) is 14.3. The smallest absolute Gasteiger partial charge is 0.185 e. The second kappa shape index (κ2) is 9.35. The molecule has 3 rings (SSSR count). The van der Waals surface area contributed by atoms with Crippen molar-refractivity contribution in [3.63, 3.8) is 0 Å². The van der Waals surface area contributed by atoms with Crippen molar-refractivity contribution in [2.45, 2.75) is 25.7 Å². The van der Waals surface area contributed by atoms with Crippen molar-refractivity contribution in [1.82, 2.24) is 4.90 Å². The summed E-state index contributed by atoms with van der Waals surface area (Å²) >= 11 is 0. The third-order valence-corrected chi connectivity index (χ3v) is 5.26. The van der Waals surface area contributed by atoms with Crippen molar-refractivity contribution in [3.8, 4) is 0 Å². The first-order valence-electron chi connectivity index (χ1n) is 10.1. The molecule has 1 aliphatic rings. The molecule has 0 amide bonds. The number of rotatable bonds is 4. The van der Waals surface area contributed by atoms with E-state index in [9.17, 15) is 4.79 Å². The van der Waals surface area contributed by atoms with Crippen LogP contribution in [0.15, 0.2) is 59.7 Å². The number of carbonyl (C=O) groups excluding carboxylic acids is 1. The van der Waals surface area contributed by atoms with Gasteiger partial charge in [-0.2, -0.15) is 0 Å². The predicted molar refractivity (Wildman–Crippen MR) is 124 cm³/mol. The molecule has 0 heterocycles. The van der Waals surface area contributed by atoms with Gasteiger partial charge in [-0.25, -0.2) is 0 Å². The van der Waals surface area contributed by atoms with E-state index in [2.05, 4.69) is 0 Å². The molecule has 1 fully saturated rings. The van der Waals surface area contributed by atoms with Crippen LogP contribution in [0.4, 0.5) is 0 Å². The topological polar surface area (TPSA) is 94.0 Å². The Labute approximate surface area is 177 Å². The highest BCUT2D eigenvalue weighted by Gasteiger charge is 2.19. The molecule has 0 aromatic heterocycles. The first kappa shape index (κ1) is 21.2. The molecule has 2 aromatic rings. The molecule has 4 N–H and O–H groups in total. The van der Waals surface area contributed by atoms with Gasteiger partial charge in [-0.1, -0.05) is 48.5 Å². The van der Waals surface area contributed by atoms with Gasteiger partial charge in [-0.3, -0.25) is 15.6 Å². The van der Waals surface area contributed by atoms with Gasteiger partial charge in [0, 0.05) is 36.4 Å². The van der Waals surface area contributed by atoms with E-state index in [1.807, 2.05) is 62.6 Å². The molecule has 154 valence electrons. The zero-order valence-electron chi connectivity index (χ0n) is 17.5. The van der Waals surface area contributed by atoms with E-state index < -0.39 is 0 Å². The second-order valence-electron chi connectivity index (χ2n) is 7.78. The molecular formula is C25H28N4O. The fourth-order valence-electron chi connectivity index (χ4n) is 3.50. The quantitative estimate of drug-likeness (QED) is 0.306. The molecule has 1 aliphatic carbocycles. The van der Waals surface area contributed by atoms with Crippen LogP contribution in [0.1, 0.15) is 47.9 Å². The highest BCUT2D eigenvalue weighted by molar-refractivity contribution is 6.13. The molecule has 0 radical (unpaired) electrons. The maximum atomic E-state index is 13.2. The van der Waals surface area contributed by atoms with Crippen LogP contribution in [-0.2, 0) is 4.79 Å². The summed E-state index contributed by atoms with van der Waals surface area (Å²) < 4.78 is 0. The number of hydrogen-bond donors (Lipinski definition) is 3. The van der Waals surface area contributed by atoms with E-state index in [-0.39, 0.29) is 11.6 Å². The molecule has 0 atom stereocenters. The van der Waals surface area contributed by atoms with Crippen molar-refractivity contribution in [2.24, 2.45) is 5.73 Å². The number of carbonyl (C=O) groups is 1. The Morgan fingerprint density at radius 3 is 1.67 bits per heavy atom. The zero-order valence-corrected chi connectivity index (χ0v) is 17.5. The van der Waals surface area contributed by atoms with Crippen LogP contribution < -0.4 is 5.73 Å². The average molecular weight is 401 g/mol. The maximum absolute atomic E-state index is 13.2. The van der Waals surface area contributed by atoms with E-state index in [1.165, 1.54) is 0 Å². The fourth-order valence-corrected chi connectivity index (χ4v) is 3.50. The van der Waals surface area contributed by atoms with Gasteiger partial charge in [0.1, 0.15) is 11.7 Å². The summed E-state index contributed by atoms with van der Waals surface area (Å²) in [4.78, 5) is 14.9. The molecule has 5 nitrogen and oxygen atoms in total. The lowest BCUT2D eigenvalue weighted by Gasteiger charge is -2.13. The normalized spacial score (nSPS) is 17.1. The van der Waals surface area contributed by atoms with E-state index >= 15 is 0 Å². The van der Waals surface area contributed by atoms with E-state index in [0.717, 1.165) is 53.5 Å². The lowest BCUT2D eigenvalue weighted by molar-refractivity contribution is -0.112. The number of allylic oxidation sites excluding steroid dienone is 2. The van der Waals surface area contributed by atoms with Crippen molar-refractivity contribution in [2.75, 3.05) is 14.1 Å². The molecule has 0 unspecified atom stereocenters. The Hall–Kier alpha value is -3.47. The fraction of sp³-hybridized carbons (Fsp3) is 0.240. The number of nitrogens with two attached hydrogens (primary N) is 1. The molecule has 0 saturated heterocycles. The summed E-state index contributed by atoms with van der Waals surface area (Å²) in [6.45, 7) is 0. The molecule has 0 spiro atoms. The number of nitrogens with zero attached hydrogens (tertiary/aromatic N) is 1. The summed E-state index contributed by atoms with van der Waals surface area (Å²) in [6.07, 6.45) is 7.44. The van der Waals surface area contributed by atoms with Gasteiger partial charge in [0.2, 0.25) is 0 Å². The summed E-state index contributed by atoms with van der Waals surface area (Å²) in [5.41, 5.74) is 10.6. The standard InChI is InChI=1S/C25H28N4O/c1-29(2)25(28)20-13-9-18(10-14-20)16-22-6-4-3-5-21(23(22)30)15-17-7-11-19(12-8-17)24(26)27/h7-16,28H,3-6H2,1-2H3,(H3,26,27)/b21-15+,22-16-,28-25?. The molecule has 2 aromatic carbocycles. The number of nitrogen functional groups attached to an aromatic ring is 1. The monoisotopic (exact) mass is 400 g/mol. The minimum absolute atomic E-state index is 0.0386. The first-order valence-corrected chi connectivity index (χ1v) is 10.1. The van der Waals surface area contributed by atoms with E-state index in [1.54, 1.807) is 17.0 Å². The third-order valence-electron chi connectivity index (χ3n) is 5.26. The van der Waals surface area contributed by atoms with Crippen LogP contribution in [0.2, 0.25) is 0 Å². The molecule has 5 heteroatoms. The number of Topliss-reactive ketones (excluding diaryl/α,β-unsaturated/α-hetero) is 1. The van der Waals surface area contributed by atoms with Crippen molar-refractivity contribution in [1.29, 1.82) is 10.8 Å². The number of ketones is 1. The number of amidine groups is 2. The van der Waals surface area contributed by atoms with Gasteiger partial charge in [-0.05, 0) is 49.0 Å². The Balaban J connectivity index is 1.84. The van der Waals surface area contributed by atoms with Crippen molar-refractivity contribution >= 4 is 29.6 Å². The van der Waals surface area contributed by atoms with E-state index in [0.29, 0.717) is 11.4 Å². The SMILES string of the molecule is CN(C)C(=N)c1ccc(/C=C2/CCCC/C(=C\c3ccc(C(=N)N)cc3)C2=O)cc1. The number of benzene rings is 2.